The molecule has 8 heavy (non-hydrogen) atoms. The summed E-state index contributed by atoms with van der Waals surface area (Å²) in [5.74, 6) is 0.806. The van der Waals surface area contributed by atoms with Crippen LogP contribution in [0.1, 0.15) is 5.82 Å². The Morgan fingerprint density at radius 1 is 1.75 bits per heavy atom. The number of aryl methyl sites for hydroxylation is 1. The Bertz CT molecular complexity index is 143. The Balaban J connectivity index is 0.000000490. The summed E-state index contributed by atoms with van der Waals surface area (Å²) in [7, 11) is 1.91. The van der Waals surface area contributed by atoms with Crippen molar-refractivity contribution >= 4 is 0 Å². The molecule has 1 heterocycles. The van der Waals surface area contributed by atoms with Crippen LogP contribution in [-0.4, -0.2) is 9.55 Å². The van der Waals surface area contributed by atoms with Crippen molar-refractivity contribution in [1.29, 1.82) is 0 Å². The Kier molecular flexibility index (Phi) is 2.80. The average Bonchev–Trinajstić information content (AvgIpc) is 1.91. The minimum absolute atomic E-state index is 0. The summed E-state index contributed by atoms with van der Waals surface area (Å²) in [6.07, 6.45) is 3.59. The van der Waals surface area contributed by atoms with E-state index in [0.717, 1.165) is 5.82 Å². The quantitative estimate of drug-likeness (QED) is 0.639. The standard InChI is InChI=1S/C5H7N2.Ir/c1-5-6-3-4-7(5)2;/h3-4H,1H2,2H3;/q-1;. The smallest absolute Gasteiger partial charge is 0.0419 e. The van der Waals surface area contributed by atoms with Crippen molar-refractivity contribution in [2.24, 2.45) is 7.05 Å². The Morgan fingerprint density at radius 3 is 2.50 bits per heavy atom. The zero-order valence-electron chi connectivity index (χ0n) is 4.59. The third kappa shape index (κ3) is 1.35. The molecule has 1 rings (SSSR count). The summed E-state index contributed by atoms with van der Waals surface area (Å²) in [6, 6.07) is 0. The van der Waals surface area contributed by atoms with Gasteiger partial charge in [-0.15, -0.1) is 0 Å². The van der Waals surface area contributed by atoms with E-state index in [4.69, 9.17) is 0 Å². The topological polar surface area (TPSA) is 17.8 Å². The first-order chi connectivity index (χ1) is 3.30. The maximum atomic E-state index is 3.87. The monoisotopic (exact) mass is 288 g/mol. The van der Waals surface area contributed by atoms with Gasteiger partial charge in [0.15, 0.2) is 0 Å². The second kappa shape index (κ2) is 2.90. The van der Waals surface area contributed by atoms with E-state index in [0.29, 0.717) is 0 Å². The van der Waals surface area contributed by atoms with Gasteiger partial charge in [-0.2, -0.15) is 0 Å². The number of hydrogen-bond acceptors (Lipinski definition) is 1. The molecule has 3 heteroatoms. The third-order valence-electron chi connectivity index (χ3n) is 0.921. The number of hydrogen-bond donors (Lipinski definition) is 0. The molecule has 1 aromatic heterocycles. The van der Waals surface area contributed by atoms with Gasteiger partial charge in [-0.3, -0.25) is 4.98 Å². The van der Waals surface area contributed by atoms with Crippen LogP contribution in [0.15, 0.2) is 12.4 Å². The van der Waals surface area contributed by atoms with Crippen molar-refractivity contribution in [2.75, 3.05) is 0 Å². The molecule has 0 fully saturated rings. The van der Waals surface area contributed by atoms with Gasteiger partial charge in [-0.1, -0.05) is 0 Å². The van der Waals surface area contributed by atoms with Crippen LogP contribution in [0.5, 0.6) is 0 Å². The maximum Gasteiger partial charge on any atom is 0.0419 e. The third-order valence-corrected chi connectivity index (χ3v) is 0.921. The van der Waals surface area contributed by atoms with Gasteiger partial charge in [0.05, 0.1) is 0 Å². The first-order valence-corrected chi connectivity index (χ1v) is 2.10. The molecular weight excluding hydrogens is 280 g/mol. The first kappa shape index (κ1) is 7.73. The first-order valence-electron chi connectivity index (χ1n) is 2.10. The minimum atomic E-state index is 0. The van der Waals surface area contributed by atoms with Gasteiger partial charge in [-0.05, 0) is 5.82 Å². The fourth-order valence-corrected chi connectivity index (χ4v) is 0.396. The van der Waals surface area contributed by atoms with Gasteiger partial charge < -0.3 is 11.5 Å². The van der Waals surface area contributed by atoms with Crippen LogP contribution in [0.25, 0.3) is 0 Å². The van der Waals surface area contributed by atoms with E-state index < -0.39 is 0 Å². The molecule has 0 atom stereocenters. The van der Waals surface area contributed by atoms with Crippen molar-refractivity contribution in [2.45, 2.75) is 0 Å². The zero-order valence-corrected chi connectivity index (χ0v) is 6.98. The van der Waals surface area contributed by atoms with Gasteiger partial charge in [0, 0.05) is 39.5 Å². The molecule has 0 unspecified atom stereocenters. The summed E-state index contributed by atoms with van der Waals surface area (Å²) in [5.41, 5.74) is 0. The molecule has 0 saturated heterocycles. The summed E-state index contributed by atoms with van der Waals surface area (Å²) < 4.78 is 1.86. The molecule has 0 aromatic carbocycles. The second-order valence-corrected chi connectivity index (χ2v) is 1.45. The predicted octanol–water partition coefficient (Wildman–Crippen LogP) is 0.600. The molecule has 1 radical (unpaired) electrons. The predicted molar refractivity (Wildman–Crippen MR) is 27.7 cm³/mol. The van der Waals surface area contributed by atoms with E-state index in [1.165, 1.54) is 0 Å². The fourth-order valence-electron chi connectivity index (χ4n) is 0.396. The zero-order chi connectivity index (χ0) is 5.28. The second-order valence-electron chi connectivity index (χ2n) is 1.45. The van der Waals surface area contributed by atoms with E-state index in [-0.39, 0.29) is 20.1 Å². The van der Waals surface area contributed by atoms with Gasteiger partial charge >= 0.3 is 0 Å². The van der Waals surface area contributed by atoms with Crippen LogP contribution in [0.2, 0.25) is 0 Å². The molecular formula is C5H7IrN2-. The van der Waals surface area contributed by atoms with Crippen molar-refractivity contribution < 1.29 is 20.1 Å². The van der Waals surface area contributed by atoms with Gasteiger partial charge in [0.25, 0.3) is 0 Å². The van der Waals surface area contributed by atoms with Crippen LogP contribution >= 0.6 is 0 Å². The van der Waals surface area contributed by atoms with Crippen LogP contribution < -0.4 is 0 Å². The minimum Gasteiger partial charge on any atom is -0.364 e. The largest absolute Gasteiger partial charge is 0.364 e. The normalized spacial score (nSPS) is 8.12. The molecule has 47 valence electrons. The van der Waals surface area contributed by atoms with Crippen molar-refractivity contribution in [1.82, 2.24) is 9.55 Å². The molecule has 1 aromatic rings. The van der Waals surface area contributed by atoms with Crippen molar-refractivity contribution in [3.05, 3.63) is 25.1 Å². The number of aromatic nitrogens is 2. The Hall–Kier alpha value is -0.271. The number of nitrogens with zero attached hydrogens (tertiary/aromatic N) is 2. The molecule has 2 nitrogen and oxygen atoms in total. The summed E-state index contributed by atoms with van der Waals surface area (Å²) in [4.78, 5) is 3.87. The summed E-state index contributed by atoms with van der Waals surface area (Å²) in [6.45, 7) is 3.63. The van der Waals surface area contributed by atoms with Crippen LogP contribution in [0.4, 0.5) is 0 Å². The average molecular weight is 287 g/mol. The molecule has 0 saturated carbocycles. The van der Waals surface area contributed by atoms with Gasteiger partial charge in [0.2, 0.25) is 0 Å². The number of imidazole rings is 1. The molecule has 0 bridgehead atoms. The molecule has 0 spiro atoms. The van der Waals surface area contributed by atoms with E-state index in [1.807, 2.05) is 17.8 Å². The van der Waals surface area contributed by atoms with Gasteiger partial charge in [0.1, 0.15) is 0 Å². The van der Waals surface area contributed by atoms with E-state index in [9.17, 15) is 0 Å². The maximum absolute atomic E-state index is 3.87. The van der Waals surface area contributed by atoms with Crippen LogP contribution in [0, 0.1) is 6.92 Å². The fraction of sp³-hybridized carbons (Fsp3) is 0.200. The Morgan fingerprint density at radius 2 is 2.38 bits per heavy atom. The molecule has 0 aliphatic rings. The van der Waals surface area contributed by atoms with E-state index in [2.05, 4.69) is 11.9 Å². The van der Waals surface area contributed by atoms with Crippen molar-refractivity contribution in [3.63, 3.8) is 0 Å². The molecule has 0 aliphatic carbocycles. The van der Waals surface area contributed by atoms with E-state index >= 15 is 0 Å². The summed E-state index contributed by atoms with van der Waals surface area (Å²) in [5, 5.41) is 0. The Labute approximate surface area is 62.3 Å². The van der Waals surface area contributed by atoms with Crippen LogP contribution in [-0.2, 0) is 27.2 Å². The van der Waals surface area contributed by atoms with E-state index in [1.54, 1.807) is 6.20 Å². The molecule has 0 amide bonds. The van der Waals surface area contributed by atoms with Crippen LogP contribution in [0.3, 0.4) is 0 Å². The van der Waals surface area contributed by atoms with Crippen molar-refractivity contribution in [3.8, 4) is 0 Å². The molecule has 0 N–H and O–H groups in total. The number of rotatable bonds is 0. The SMILES string of the molecule is [CH2-]c1nccn1C.[Ir]. The molecule has 0 aliphatic heterocycles. The summed E-state index contributed by atoms with van der Waals surface area (Å²) >= 11 is 0. The van der Waals surface area contributed by atoms with Gasteiger partial charge in [-0.25, -0.2) is 0 Å².